The van der Waals surface area contributed by atoms with E-state index in [1.54, 1.807) is 0 Å². The van der Waals surface area contributed by atoms with E-state index in [9.17, 15) is 40.2 Å². The van der Waals surface area contributed by atoms with Crippen molar-refractivity contribution in [1.82, 2.24) is 5.32 Å². The topological polar surface area (TPSA) is 190 Å². The van der Waals surface area contributed by atoms with Crippen molar-refractivity contribution < 1.29 is 44.6 Å². The van der Waals surface area contributed by atoms with E-state index in [1.165, 1.54) is 42.5 Å². The van der Waals surface area contributed by atoms with Crippen molar-refractivity contribution in [2.45, 2.75) is 6.42 Å². The van der Waals surface area contributed by atoms with Gasteiger partial charge in [-0.15, -0.1) is 0 Å². The number of hydrogen-bond donors (Lipinski definition) is 7. The van der Waals surface area contributed by atoms with Gasteiger partial charge in [-0.25, -0.2) is 0 Å². The molecule has 38 heavy (non-hydrogen) atoms. The number of rotatable bonds is 8. The Morgan fingerprint density at radius 1 is 0.868 bits per heavy atom. The van der Waals surface area contributed by atoms with Gasteiger partial charge < -0.3 is 45.1 Å². The van der Waals surface area contributed by atoms with Crippen molar-refractivity contribution in [1.29, 1.82) is 0 Å². The molecule has 0 radical (unpaired) electrons. The van der Waals surface area contributed by atoms with E-state index < -0.39 is 22.8 Å². The van der Waals surface area contributed by atoms with Crippen LogP contribution < -0.4 is 15.5 Å². The summed E-state index contributed by atoms with van der Waals surface area (Å²) < 4.78 is 11.4. The number of phenolic OH excluding ortho intramolecular Hbond substituents is 6. The fourth-order valence-electron chi connectivity index (χ4n) is 3.59. The number of aromatic hydroxyl groups is 6. The summed E-state index contributed by atoms with van der Waals surface area (Å²) in [6.45, 7) is 0.138. The van der Waals surface area contributed by atoms with E-state index in [0.717, 1.165) is 18.2 Å². The average Bonchev–Trinajstić information content (AvgIpc) is 2.86. The molecule has 0 atom stereocenters. The number of benzene rings is 3. The second-order valence-electron chi connectivity index (χ2n) is 8.21. The predicted molar refractivity (Wildman–Crippen MR) is 137 cm³/mol. The van der Waals surface area contributed by atoms with Crippen LogP contribution in [0, 0.1) is 0 Å². The molecular formula is C27H23NO10. The van der Waals surface area contributed by atoms with Crippen molar-refractivity contribution in [2.75, 3.05) is 13.2 Å². The minimum Gasteiger partial charge on any atom is -0.508 e. The lowest BCUT2D eigenvalue weighted by Crippen LogP contribution is -2.24. The summed E-state index contributed by atoms with van der Waals surface area (Å²) >= 11 is 0. The highest BCUT2D eigenvalue weighted by Crippen LogP contribution is 2.38. The number of carbonyl (C=O) groups is 1. The molecule has 0 fully saturated rings. The molecule has 1 amide bonds. The predicted octanol–water partition coefficient (Wildman–Crippen LogP) is 3.29. The minimum absolute atomic E-state index is 0.0397. The molecule has 1 heterocycles. The first-order valence-corrected chi connectivity index (χ1v) is 11.3. The standard InChI is InChI=1S/C27H23NO10/c29-16-12-21(34)24-22(13-16)38-26(15-4-6-18(31)20(33)11-15)27(25(24)36)37-9-1-8-28-23(35)7-3-14-2-5-17(30)19(32)10-14/h2-7,10-13,29-34H,1,8-9H2,(H,28,35)/b7-3+. The SMILES string of the molecule is O=C(/C=C/c1ccc(O)c(O)c1)NCCCOc1c(-c2ccc(O)c(O)c2)oc2cc(O)cc(O)c2c1=O. The number of carbonyl (C=O) groups excluding carboxylic acids is 1. The number of ether oxygens (including phenoxy) is 1. The highest BCUT2D eigenvalue weighted by atomic mass is 16.5. The van der Waals surface area contributed by atoms with E-state index in [-0.39, 0.29) is 70.6 Å². The molecule has 0 spiro atoms. The van der Waals surface area contributed by atoms with Crippen LogP contribution in [0.25, 0.3) is 28.4 Å². The van der Waals surface area contributed by atoms with Crippen molar-refractivity contribution in [3.8, 4) is 51.6 Å². The van der Waals surface area contributed by atoms with Gasteiger partial charge in [-0.2, -0.15) is 0 Å². The molecule has 0 aliphatic rings. The van der Waals surface area contributed by atoms with Gasteiger partial charge in [0.15, 0.2) is 28.8 Å². The van der Waals surface area contributed by atoms with Crippen LogP contribution in [-0.4, -0.2) is 49.7 Å². The molecule has 0 aliphatic heterocycles. The third-order valence-electron chi connectivity index (χ3n) is 5.45. The van der Waals surface area contributed by atoms with E-state index >= 15 is 0 Å². The third-order valence-corrected chi connectivity index (χ3v) is 5.45. The Labute approximate surface area is 214 Å². The second kappa shape index (κ2) is 10.7. The van der Waals surface area contributed by atoms with Crippen LogP contribution in [0.15, 0.2) is 63.8 Å². The van der Waals surface area contributed by atoms with Gasteiger partial charge in [-0.05, 0) is 48.4 Å². The summed E-state index contributed by atoms with van der Waals surface area (Å²) in [5, 5.41) is 60.8. The van der Waals surface area contributed by atoms with E-state index in [0.29, 0.717) is 5.56 Å². The Hall–Kier alpha value is -5.32. The molecule has 196 valence electrons. The fourth-order valence-corrected chi connectivity index (χ4v) is 3.59. The minimum atomic E-state index is -0.726. The molecule has 0 saturated heterocycles. The Kier molecular flexibility index (Phi) is 7.28. The monoisotopic (exact) mass is 521 g/mol. The van der Waals surface area contributed by atoms with E-state index in [1.807, 2.05) is 0 Å². The van der Waals surface area contributed by atoms with Crippen LogP contribution in [-0.2, 0) is 4.79 Å². The zero-order chi connectivity index (χ0) is 27.4. The summed E-state index contributed by atoms with van der Waals surface area (Å²) in [6, 6.07) is 9.98. The van der Waals surface area contributed by atoms with Crippen molar-refractivity contribution in [3.05, 3.63) is 70.4 Å². The lowest BCUT2D eigenvalue weighted by Gasteiger charge is -2.13. The van der Waals surface area contributed by atoms with Crippen LogP contribution in [0.2, 0.25) is 0 Å². The molecule has 1 aromatic heterocycles. The maximum absolute atomic E-state index is 13.2. The molecule has 0 aliphatic carbocycles. The summed E-state index contributed by atoms with van der Waals surface area (Å²) in [5.74, 6) is -3.09. The fraction of sp³-hybridized carbons (Fsp3) is 0.111. The smallest absolute Gasteiger partial charge is 0.244 e. The van der Waals surface area contributed by atoms with Crippen molar-refractivity contribution >= 4 is 23.0 Å². The summed E-state index contributed by atoms with van der Waals surface area (Å²) in [7, 11) is 0. The van der Waals surface area contributed by atoms with Crippen LogP contribution in [0.1, 0.15) is 12.0 Å². The molecule has 0 unspecified atom stereocenters. The number of amides is 1. The quantitative estimate of drug-likeness (QED) is 0.103. The number of fused-ring (bicyclic) bond motifs is 1. The first kappa shape index (κ1) is 25.8. The van der Waals surface area contributed by atoms with Crippen LogP contribution in [0.5, 0.6) is 40.2 Å². The first-order chi connectivity index (χ1) is 18.1. The van der Waals surface area contributed by atoms with E-state index in [2.05, 4.69) is 5.32 Å². The van der Waals surface area contributed by atoms with Gasteiger partial charge in [0.2, 0.25) is 17.1 Å². The molecule has 7 N–H and O–H groups in total. The van der Waals surface area contributed by atoms with Gasteiger partial charge in [-0.1, -0.05) is 6.07 Å². The van der Waals surface area contributed by atoms with Crippen LogP contribution >= 0.6 is 0 Å². The Morgan fingerprint density at radius 2 is 1.58 bits per heavy atom. The van der Waals surface area contributed by atoms with Crippen LogP contribution in [0.4, 0.5) is 0 Å². The largest absolute Gasteiger partial charge is 0.508 e. The lowest BCUT2D eigenvalue weighted by molar-refractivity contribution is -0.116. The second-order valence-corrected chi connectivity index (χ2v) is 8.21. The molecule has 0 saturated carbocycles. The highest BCUT2D eigenvalue weighted by Gasteiger charge is 2.21. The maximum Gasteiger partial charge on any atom is 0.244 e. The number of hydrogen-bond acceptors (Lipinski definition) is 10. The van der Waals surface area contributed by atoms with Gasteiger partial charge in [0, 0.05) is 30.3 Å². The van der Waals surface area contributed by atoms with Crippen LogP contribution in [0.3, 0.4) is 0 Å². The van der Waals surface area contributed by atoms with Gasteiger partial charge in [0.25, 0.3) is 0 Å². The molecule has 4 aromatic rings. The molecule has 0 bridgehead atoms. The zero-order valence-corrected chi connectivity index (χ0v) is 19.7. The van der Waals surface area contributed by atoms with Gasteiger partial charge in [-0.3, -0.25) is 9.59 Å². The van der Waals surface area contributed by atoms with Gasteiger partial charge in [0.1, 0.15) is 22.5 Å². The molecule has 4 rings (SSSR count). The molecule has 3 aromatic carbocycles. The average molecular weight is 521 g/mol. The zero-order valence-electron chi connectivity index (χ0n) is 19.7. The number of phenols is 6. The van der Waals surface area contributed by atoms with Crippen molar-refractivity contribution in [3.63, 3.8) is 0 Å². The third kappa shape index (κ3) is 5.57. The number of nitrogens with one attached hydrogen (secondary N) is 1. The highest BCUT2D eigenvalue weighted by molar-refractivity contribution is 5.91. The molecule has 11 heteroatoms. The lowest BCUT2D eigenvalue weighted by atomic mass is 10.1. The Balaban J connectivity index is 1.48. The van der Waals surface area contributed by atoms with Crippen molar-refractivity contribution in [2.24, 2.45) is 0 Å². The Bertz CT molecular complexity index is 1610. The normalized spacial score (nSPS) is 11.2. The van der Waals surface area contributed by atoms with E-state index in [4.69, 9.17) is 9.15 Å². The molecule has 11 nitrogen and oxygen atoms in total. The maximum atomic E-state index is 13.2. The molecular weight excluding hydrogens is 498 g/mol. The summed E-state index contributed by atoms with van der Waals surface area (Å²) in [4.78, 5) is 25.3. The summed E-state index contributed by atoms with van der Waals surface area (Å²) in [5.41, 5.74) is -0.152. The summed E-state index contributed by atoms with van der Waals surface area (Å²) in [6.07, 6.45) is 2.98. The van der Waals surface area contributed by atoms with Gasteiger partial charge >= 0.3 is 0 Å². The van der Waals surface area contributed by atoms with Gasteiger partial charge in [0.05, 0.1) is 6.61 Å². The Morgan fingerprint density at radius 3 is 2.29 bits per heavy atom. The first-order valence-electron chi connectivity index (χ1n) is 11.3.